The normalized spacial score (nSPS) is 18.9. The Morgan fingerprint density at radius 2 is 1.76 bits per heavy atom. The number of rotatable bonds is 20. The number of ether oxygens (including phenoxy) is 4. The average Bonchev–Trinajstić information content (AvgIpc) is 3.43. The Hall–Kier alpha value is -5.21. The second kappa shape index (κ2) is 21.5. The topological polar surface area (TPSA) is 184 Å². The zero-order valence-electron chi connectivity index (χ0n) is 29.7. The highest BCUT2D eigenvalue weighted by Crippen LogP contribution is 2.36. The summed E-state index contributed by atoms with van der Waals surface area (Å²) >= 11 is 5.96. The van der Waals surface area contributed by atoms with Crippen LogP contribution in [-0.4, -0.2) is 64.4 Å². The van der Waals surface area contributed by atoms with E-state index in [0.29, 0.717) is 52.5 Å². The van der Waals surface area contributed by atoms with Gasteiger partial charge < -0.3 is 39.1 Å². The lowest BCUT2D eigenvalue weighted by Gasteiger charge is -2.19. The molecule has 1 aliphatic carbocycles. The first-order chi connectivity index (χ1) is 26.0. The zero-order valence-corrected chi connectivity index (χ0v) is 30.5. The Morgan fingerprint density at radius 3 is 2.48 bits per heavy atom. The zero-order chi connectivity index (χ0) is 38.9. The third kappa shape index (κ3) is 14.0. The highest BCUT2D eigenvalue weighted by molar-refractivity contribution is 6.30. The molecule has 3 aromatic carbocycles. The van der Waals surface area contributed by atoms with Gasteiger partial charge in [0.15, 0.2) is 11.5 Å². The molecular weight excluding hydrogens is 722 g/mol. The molecule has 3 aromatic rings. The van der Waals surface area contributed by atoms with Crippen LogP contribution in [0.5, 0.6) is 17.2 Å². The molecule has 5 atom stereocenters. The SMILES string of the molecule is COc1cc(/C=C/C(=O)OCc2ccc(CO[N+](=O)[O-])cc2)ccc1OC(=O)CCC/C=C\C[C@@H]1[C@@H](/C=C/[C@@H](O)COc2cccc(Cl)c2)[C@H](O)C[C@@H]1O. The summed E-state index contributed by atoms with van der Waals surface area (Å²) in [7, 11) is 1.44. The number of hydrogen-bond acceptors (Lipinski definition) is 12. The number of carbonyl (C=O) groups is 2. The number of methoxy groups -OCH3 is 1. The largest absolute Gasteiger partial charge is 0.493 e. The van der Waals surface area contributed by atoms with E-state index in [9.17, 15) is 35.0 Å². The lowest BCUT2D eigenvalue weighted by Crippen LogP contribution is -2.21. The minimum Gasteiger partial charge on any atom is -0.493 e. The van der Waals surface area contributed by atoms with Crippen molar-refractivity contribution in [2.45, 2.75) is 63.6 Å². The monoisotopic (exact) mass is 765 g/mol. The van der Waals surface area contributed by atoms with Gasteiger partial charge in [0.05, 0.1) is 19.3 Å². The van der Waals surface area contributed by atoms with Gasteiger partial charge in [-0.25, -0.2) is 4.79 Å². The summed E-state index contributed by atoms with van der Waals surface area (Å²) in [6, 6.07) is 18.4. The van der Waals surface area contributed by atoms with Crippen LogP contribution in [0.3, 0.4) is 0 Å². The van der Waals surface area contributed by atoms with E-state index < -0.39 is 35.3 Å². The summed E-state index contributed by atoms with van der Waals surface area (Å²) in [6.45, 7) is -0.150. The molecule has 0 saturated heterocycles. The number of nitrogens with zero attached hydrogens (tertiary/aromatic N) is 1. The number of aliphatic hydroxyl groups excluding tert-OH is 3. The van der Waals surface area contributed by atoms with Crippen molar-refractivity contribution < 1.29 is 53.8 Å². The standard InChI is InChI=1S/C40H44ClNO12/c1-50-38-21-27(16-20-39(46)52-24-28-11-13-29(14-12-28)25-53-42(48)49)15-19-37(38)54-40(47)10-5-3-2-4-9-33-34(36(45)23-35(33)44)18-17-31(43)26-51-32-8-6-7-30(41)22-32/h2,4,6-8,11-22,31,33-36,43-45H,3,5,9-10,23-26H2,1H3/b4-2-,18-17+,20-16+/t31-,33-,34-,35+,36-/m1/s1. The van der Waals surface area contributed by atoms with Gasteiger partial charge in [-0.3, -0.25) is 4.79 Å². The van der Waals surface area contributed by atoms with E-state index in [1.165, 1.54) is 19.3 Å². The molecule has 1 fully saturated rings. The molecule has 0 aliphatic heterocycles. The van der Waals surface area contributed by atoms with Gasteiger partial charge in [0, 0.05) is 29.9 Å². The Balaban J connectivity index is 1.16. The third-order valence-corrected chi connectivity index (χ3v) is 8.81. The predicted octanol–water partition coefficient (Wildman–Crippen LogP) is 6.19. The minimum atomic E-state index is -0.909. The summed E-state index contributed by atoms with van der Waals surface area (Å²) < 4.78 is 21.7. The predicted molar refractivity (Wildman–Crippen MR) is 199 cm³/mol. The van der Waals surface area contributed by atoms with Gasteiger partial charge in [-0.05, 0) is 78.3 Å². The fourth-order valence-corrected chi connectivity index (χ4v) is 5.94. The van der Waals surface area contributed by atoms with Crippen LogP contribution < -0.4 is 14.2 Å². The number of carbonyl (C=O) groups excluding carboxylic acids is 2. The van der Waals surface area contributed by atoms with E-state index in [1.54, 1.807) is 78.9 Å². The van der Waals surface area contributed by atoms with Crippen molar-refractivity contribution >= 4 is 29.6 Å². The van der Waals surface area contributed by atoms with Crippen LogP contribution in [0.25, 0.3) is 6.08 Å². The second-order valence-electron chi connectivity index (χ2n) is 12.6. The van der Waals surface area contributed by atoms with E-state index in [0.717, 1.165) is 0 Å². The van der Waals surface area contributed by atoms with Crippen LogP contribution in [0.4, 0.5) is 0 Å². The van der Waals surface area contributed by atoms with E-state index in [4.69, 9.17) is 30.5 Å². The van der Waals surface area contributed by atoms with Crippen molar-refractivity contribution in [3.05, 3.63) is 129 Å². The van der Waals surface area contributed by atoms with Crippen molar-refractivity contribution in [3.8, 4) is 17.2 Å². The fourth-order valence-electron chi connectivity index (χ4n) is 5.76. The average molecular weight is 766 g/mol. The summed E-state index contributed by atoms with van der Waals surface area (Å²) in [5.74, 6) is -0.514. The van der Waals surface area contributed by atoms with E-state index in [1.807, 2.05) is 12.2 Å². The van der Waals surface area contributed by atoms with Crippen molar-refractivity contribution in [2.24, 2.45) is 11.8 Å². The number of esters is 2. The number of hydrogen-bond donors (Lipinski definition) is 3. The van der Waals surface area contributed by atoms with Crippen molar-refractivity contribution in [2.75, 3.05) is 13.7 Å². The summed E-state index contributed by atoms with van der Waals surface area (Å²) in [5.41, 5.74) is 1.91. The molecule has 1 aliphatic rings. The van der Waals surface area contributed by atoms with Crippen LogP contribution in [-0.2, 0) is 32.4 Å². The highest BCUT2D eigenvalue weighted by atomic mass is 35.5. The maximum atomic E-state index is 12.6. The molecular formula is C40H44ClNO12. The van der Waals surface area contributed by atoms with Crippen LogP contribution in [0, 0.1) is 22.0 Å². The second-order valence-corrected chi connectivity index (χ2v) is 13.0. The van der Waals surface area contributed by atoms with E-state index in [-0.39, 0.29) is 50.2 Å². The molecule has 0 amide bonds. The lowest BCUT2D eigenvalue weighted by atomic mass is 9.89. The smallest absolute Gasteiger partial charge is 0.331 e. The molecule has 0 radical (unpaired) electrons. The molecule has 0 unspecified atom stereocenters. The van der Waals surface area contributed by atoms with Gasteiger partial charge in [-0.1, -0.05) is 72.3 Å². The van der Waals surface area contributed by atoms with Crippen LogP contribution in [0.15, 0.2) is 97.1 Å². The van der Waals surface area contributed by atoms with E-state index >= 15 is 0 Å². The third-order valence-electron chi connectivity index (χ3n) is 8.58. The van der Waals surface area contributed by atoms with Gasteiger partial charge in [-0.2, -0.15) is 0 Å². The molecule has 288 valence electrons. The molecule has 4 rings (SSSR count). The molecule has 3 N–H and O–H groups in total. The van der Waals surface area contributed by atoms with Crippen molar-refractivity contribution in [3.63, 3.8) is 0 Å². The molecule has 0 heterocycles. The Morgan fingerprint density at radius 1 is 1.00 bits per heavy atom. The summed E-state index contributed by atoms with van der Waals surface area (Å²) in [5, 5.41) is 41.4. The number of aliphatic hydroxyl groups is 3. The Labute approximate surface area is 318 Å². The quantitative estimate of drug-likeness (QED) is 0.0226. The molecule has 1 saturated carbocycles. The van der Waals surface area contributed by atoms with Gasteiger partial charge in [-0.15, -0.1) is 10.1 Å². The van der Waals surface area contributed by atoms with Crippen molar-refractivity contribution in [1.82, 2.24) is 0 Å². The van der Waals surface area contributed by atoms with Gasteiger partial charge in [0.1, 0.15) is 31.7 Å². The molecule has 0 bridgehead atoms. The summed E-state index contributed by atoms with van der Waals surface area (Å²) in [4.78, 5) is 39.5. The Kier molecular flexibility index (Phi) is 16.5. The molecule has 0 spiro atoms. The van der Waals surface area contributed by atoms with Gasteiger partial charge in [0.2, 0.25) is 0 Å². The van der Waals surface area contributed by atoms with E-state index in [2.05, 4.69) is 4.84 Å². The number of allylic oxidation sites excluding steroid dienone is 2. The molecule has 13 nitrogen and oxygen atoms in total. The fraction of sp³-hybridized carbons (Fsp3) is 0.350. The first-order valence-electron chi connectivity index (χ1n) is 17.3. The first-order valence-corrected chi connectivity index (χ1v) is 17.7. The number of benzene rings is 3. The van der Waals surface area contributed by atoms with Crippen LogP contribution in [0.1, 0.15) is 48.8 Å². The molecule has 14 heteroatoms. The first kappa shape index (κ1) is 41.5. The van der Waals surface area contributed by atoms with Crippen LogP contribution in [0.2, 0.25) is 5.02 Å². The Bertz CT molecular complexity index is 1780. The van der Waals surface area contributed by atoms with Crippen molar-refractivity contribution in [1.29, 1.82) is 0 Å². The molecule has 0 aromatic heterocycles. The number of halogens is 1. The highest BCUT2D eigenvalue weighted by Gasteiger charge is 2.39. The maximum Gasteiger partial charge on any atom is 0.331 e. The summed E-state index contributed by atoms with van der Waals surface area (Å²) in [6.07, 6.45) is 9.66. The van der Waals surface area contributed by atoms with Gasteiger partial charge >= 0.3 is 11.9 Å². The lowest BCUT2D eigenvalue weighted by molar-refractivity contribution is -0.763. The minimum absolute atomic E-state index is 0.00891. The molecule has 54 heavy (non-hydrogen) atoms. The number of unbranched alkanes of at least 4 members (excludes halogenated alkanes) is 1. The van der Waals surface area contributed by atoms with Crippen LogP contribution >= 0.6 is 11.6 Å². The van der Waals surface area contributed by atoms with Gasteiger partial charge in [0.25, 0.3) is 5.09 Å². The maximum absolute atomic E-state index is 12.6.